The maximum Gasteiger partial charge on any atom is 0.0652 e. The summed E-state index contributed by atoms with van der Waals surface area (Å²) >= 11 is 0. The average Bonchev–Trinajstić information content (AvgIpc) is 2.42. The maximum atomic E-state index is 6.07. The molecule has 20 heavy (non-hydrogen) atoms. The monoisotopic (exact) mass is 288 g/mol. The molecule has 4 N–H and O–H groups in total. The number of nitrogens with two attached hydrogens (primary N) is 2. The second-order valence-electron chi connectivity index (χ2n) is 6.40. The van der Waals surface area contributed by atoms with E-state index in [2.05, 4.69) is 27.7 Å². The molecule has 0 spiro atoms. The van der Waals surface area contributed by atoms with Crippen molar-refractivity contribution in [1.82, 2.24) is 0 Å². The van der Waals surface area contributed by atoms with Gasteiger partial charge < -0.3 is 20.9 Å². The summed E-state index contributed by atoms with van der Waals surface area (Å²) < 4.78 is 11.9. The molecular formula is C16H36N2O2. The van der Waals surface area contributed by atoms with Gasteiger partial charge in [-0.25, -0.2) is 0 Å². The highest BCUT2D eigenvalue weighted by molar-refractivity contribution is 4.74. The molecule has 0 aromatic heterocycles. The van der Waals surface area contributed by atoms with E-state index in [9.17, 15) is 0 Å². The van der Waals surface area contributed by atoms with Gasteiger partial charge in [0.25, 0.3) is 0 Å². The van der Waals surface area contributed by atoms with Crippen LogP contribution in [0.15, 0.2) is 0 Å². The lowest BCUT2D eigenvalue weighted by Gasteiger charge is -2.30. The smallest absolute Gasteiger partial charge is 0.0652 e. The van der Waals surface area contributed by atoms with Crippen molar-refractivity contribution < 1.29 is 9.47 Å². The van der Waals surface area contributed by atoms with E-state index < -0.39 is 0 Å². The third kappa shape index (κ3) is 9.70. The number of rotatable bonds is 13. The van der Waals surface area contributed by atoms with E-state index in [-0.39, 0.29) is 11.2 Å². The first-order chi connectivity index (χ1) is 9.39. The first-order valence-corrected chi connectivity index (χ1v) is 8.07. The quantitative estimate of drug-likeness (QED) is 0.511. The third-order valence-corrected chi connectivity index (χ3v) is 3.87. The van der Waals surface area contributed by atoms with Crippen molar-refractivity contribution in [3.05, 3.63) is 0 Å². The van der Waals surface area contributed by atoms with E-state index in [1.54, 1.807) is 0 Å². The lowest BCUT2D eigenvalue weighted by Crippen LogP contribution is -2.30. The zero-order valence-corrected chi connectivity index (χ0v) is 14.0. The first kappa shape index (κ1) is 19.8. The van der Waals surface area contributed by atoms with E-state index in [0.29, 0.717) is 6.54 Å². The van der Waals surface area contributed by atoms with Gasteiger partial charge in [0.05, 0.1) is 11.2 Å². The molecule has 0 aromatic rings. The van der Waals surface area contributed by atoms with E-state index in [4.69, 9.17) is 20.9 Å². The fraction of sp³-hybridized carbons (Fsp3) is 1.00. The standard InChI is InChI=1S/C16H36N2O2/c1-5-16(4,10-6-11-17)20-13-7-9-15(2,3)19-14-8-12-18/h5-14,17-18H2,1-4H3. The van der Waals surface area contributed by atoms with E-state index in [1.807, 2.05) is 0 Å². The van der Waals surface area contributed by atoms with Crippen LogP contribution >= 0.6 is 0 Å². The zero-order valence-electron chi connectivity index (χ0n) is 14.0. The van der Waals surface area contributed by atoms with Crippen molar-refractivity contribution in [2.24, 2.45) is 11.5 Å². The minimum Gasteiger partial charge on any atom is -0.376 e. The lowest BCUT2D eigenvalue weighted by molar-refractivity contribution is -0.0601. The Labute approximate surface area is 125 Å². The Balaban J connectivity index is 3.86. The number of hydrogen-bond acceptors (Lipinski definition) is 4. The van der Waals surface area contributed by atoms with Crippen LogP contribution in [0.4, 0.5) is 0 Å². The average molecular weight is 288 g/mol. The molecule has 0 radical (unpaired) electrons. The van der Waals surface area contributed by atoms with E-state index in [0.717, 1.165) is 58.3 Å². The lowest BCUT2D eigenvalue weighted by atomic mass is 9.96. The molecule has 0 aliphatic heterocycles. The van der Waals surface area contributed by atoms with Crippen molar-refractivity contribution >= 4 is 0 Å². The minimum absolute atomic E-state index is 0.0239. The van der Waals surface area contributed by atoms with Gasteiger partial charge in [-0.1, -0.05) is 6.92 Å². The molecule has 0 heterocycles. The van der Waals surface area contributed by atoms with Crippen LogP contribution in [0, 0.1) is 0 Å². The van der Waals surface area contributed by atoms with Gasteiger partial charge in [0.15, 0.2) is 0 Å². The molecule has 4 nitrogen and oxygen atoms in total. The Morgan fingerprint density at radius 2 is 1.40 bits per heavy atom. The zero-order chi connectivity index (χ0) is 15.5. The molecule has 122 valence electrons. The van der Waals surface area contributed by atoms with Crippen LogP contribution in [0.2, 0.25) is 0 Å². The van der Waals surface area contributed by atoms with Gasteiger partial charge in [0, 0.05) is 13.2 Å². The summed E-state index contributed by atoms with van der Waals surface area (Å²) in [6.45, 7) is 11.6. The number of hydrogen-bond donors (Lipinski definition) is 2. The summed E-state index contributed by atoms with van der Waals surface area (Å²) in [5, 5.41) is 0. The Morgan fingerprint density at radius 1 is 0.800 bits per heavy atom. The molecule has 4 heteroatoms. The fourth-order valence-corrected chi connectivity index (χ4v) is 2.15. The third-order valence-electron chi connectivity index (χ3n) is 3.87. The Bertz CT molecular complexity index is 235. The van der Waals surface area contributed by atoms with Crippen LogP contribution in [0.25, 0.3) is 0 Å². The van der Waals surface area contributed by atoms with Gasteiger partial charge in [-0.05, 0) is 72.4 Å². The summed E-state index contributed by atoms with van der Waals surface area (Å²) in [4.78, 5) is 0. The van der Waals surface area contributed by atoms with Crippen molar-refractivity contribution in [1.29, 1.82) is 0 Å². The Hall–Kier alpha value is -0.160. The van der Waals surface area contributed by atoms with Gasteiger partial charge in [0.1, 0.15) is 0 Å². The molecular weight excluding hydrogens is 252 g/mol. The second kappa shape index (κ2) is 10.6. The molecule has 1 atom stereocenters. The normalized spacial score (nSPS) is 15.3. The molecule has 0 saturated carbocycles. The molecule has 0 amide bonds. The van der Waals surface area contributed by atoms with Crippen LogP contribution in [0.1, 0.15) is 66.2 Å². The maximum absolute atomic E-state index is 6.07. The largest absolute Gasteiger partial charge is 0.376 e. The molecule has 0 aromatic carbocycles. The molecule has 0 fully saturated rings. The fourth-order valence-electron chi connectivity index (χ4n) is 2.15. The van der Waals surface area contributed by atoms with Crippen LogP contribution in [0.3, 0.4) is 0 Å². The van der Waals surface area contributed by atoms with E-state index >= 15 is 0 Å². The van der Waals surface area contributed by atoms with Crippen molar-refractivity contribution in [3.63, 3.8) is 0 Å². The summed E-state index contributed by atoms with van der Waals surface area (Å²) in [5.41, 5.74) is 10.9. The van der Waals surface area contributed by atoms with Crippen molar-refractivity contribution in [2.75, 3.05) is 26.3 Å². The molecule has 0 bridgehead atoms. The highest BCUT2D eigenvalue weighted by Gasteiger charge is 2.23. The summed E-state index contributed by atoms with van der Waals surface area (Å²) in [5.74, 6) is 0. The van der Waals surface area contributed by atoms with Gasteiger partial charge in [-0.15, -0.1) is 0 Å². The van der Waals surface area contributed by atoms with Gasteiger partial charge in [-0.3, -0.25) is 0 Å². The molecule has 1 unspecified atom stereocenters. The molecule has 0 aliphatic carbocycles. The van der Waals surface area contributed by atoms with Crippen molar-refractivity contribution in [2.45, 2.75) is 77.4 Å². The van der Waals surface area contributed by atoms with Crippen LogP contribution in [-0.2, 0) is 9.47 Å². The summed E-state index contributed by atoms with van der Waals surface area (Å²) in [6, 6.07) is 0. The predicted molar refractivity (Wildman–Crippen MR) is 85.9 cm³/mol. The van der Waals surface area contributed by atoms with Gasteiger partial charge in [-0.2, -0.15) is 0 Å². The van der Waals surface area contributed by atoms with Crippen LogP contribution < -0.4 is 11.5 Å². The Morgan fingerprint density at radius 3 is 1.95 bits per heavy atom. The Kier molecular flexibility index (Phi) is 10.5. The number of ether oxygens (including phenoxy) is 2. The SMILES string of the molecule is CCC(C)(CCCN)OCCCC(C)(C)OCCCN. The van der Waals surface area contributed by atoms with Crippen molar-refractivity contribution in [3.8, 4) is 0 Å². The first-order valence-electron chi connectivity index (χ1n) is 8.07. The highest BCUT2D eigenvalue weighted by atomic mass is 16.5. The summed E-state index contributed by atoms with van der Waals surface area (Å²) in [7, 11) is 0. The van der Waals surface area contributed by atoms with Gasteiger partial charge in [0.2, 0.25) is 0 Å². The minimum atomic E-state index is -0.0849. The molecule has 0 rings (SSSR count). The predicted octanol–water partition coefficient (Wildman–Crippen LogP) is 2.83. The van der Waals surface area contributed by atoms with Crippen LogP contribution in [-0.4, -0.2) is 37.5 Å². The summed E-state index contributed by atoms with van der Waals surface area (Å²) in [6.07, 6.45) is 6.05. The second-order valence-corrected chi connectivity index (χ2v) is 6.40. The van der Waals surface area contributed by atoms with Gasteiger partial charge >= 0.3 is 0 Å². The highest BCUT2D eigenvalue weighted by Crippen LogP contribution is 2.23. The molecule has 0 saturated heterocycles. The van der Waals surface area contributed by atoms with E-state index in [1.165, 1.54) is 0 Å². The van der Waals surface area contributed by atoms with Crippen LogP contribution in [0.5, 0.6) is 0 Å². The molecule has 0 aliphatic rings. The topological polar surface area (TPSA) is 70.5 Å².